The maximum Gasteiger partial charge on any atom is 0.389 e. The van der Waals surface area contributed by atoms with Crippen LogP contribution in [0.15, 0.2) is 12.2 Å². The molecule has 0 aliphatic heterocycles. The molecule has 0 saturated carbocycles. The topological polar surface area (TPSA) is 60.4 Å². The first-order valence-electron chi connectivity index (χ1n) is 6.15. The van der Waals surface area contributed by atoms with Crippen LogP contribution in [0.1, 0.15) is 25.7 Å². The van der Waals surface area contributed by atoms with Gasteiger partial charge in [-0.3, -0.25) is 0 Å². The van der Waals surface area contributed by atoms with Crippen molar-refractivity contribution in [2.45, 2.75) is 36.9 Å². The summed E-state index contributed by atoms with van der Waals surface area (Å²) >= 11 is 0. The van der Waals surface area contributed by atoms with Gasteiger partial charge < -0.3 is 4.74 Å². The minimum absolute atomic E-state index is 0.317. The molecule has 1 unspecified atom stereocenters. The van der Waals surface area contributed by atoms with Crippen LogP contribution in [0.4, 0.5) is 17.6 Å². The van der Waals surface area contributed by atoms with E-state index in [0.717, 1.165) is 19.3 Å². The van der Waals surface area contributed by atoms with Crippen molar-refractivity contribution in [3.63, 3.8) is 0 Å². The number of allylic oxidation sites excluding steroid dienone is 1. The molecule has 1 atom stereocenters. The summed E-state index contributed by atoms with van der Waals surface area (Å²) in [7, 11) is -3.81. The van der Waals surface area contributed by atoms with Gasteiger partial charge in [0.1, 0.15) is 0 Å². The number of halogens is 4. The molecule has 0 amide bonds. The molecule has 0 radical (unpaired) electrons. The molecule has 4 nitrogen and oxygen atoms in total. The van der Waals surface area contributed by atoms with E-state index in [4.69, 9.17) is 6.42 Å². The molecule has 0 rings (SSSR count). The van der Waals surface area contributed by atoms with Crippen LogP contribution in [0.2, 0.25) is 0 Å². The maximum absolute atomic E-state index is 14.5. The number of alkyl halides is 4. The lowest BCUT2D eigenvalue weighted by atomic mass is 10.2. The Hall–Kier alpha value is -1.56. The highest BCUT2D eigenvalue weighted by atomic mass is 32.2. The Kier molecular flexibility index (Phi) is 7.59. The van der Waals surface area contributed by atoms with Crippen LogP contribution in [0.25, 0.3) is 0 Å². The highest BCUT2D eigenvalue weighted by Gasteiger charge is 2.51. The Bertz CT molecular complexity index is 545. The van der Waals surface area contributed by atoms with Gasteiger partial charge in [-0.15, -0.1) is 12.3 Å². The molecule has 0 bridgehead atoms. The molecule has 126 valence electrons. The lowest BCUT2D eigenvalue weighted by Gasteiger charge is -2.21. The Morgan fingerprint density at radius 3 is 2.27 bits per heavy atom. The van der Waals surface area contributed by atoms with Gasteiger partial charge in [-0.1, -0.05) is 12.2 Å². The number of carbonyl (C=O) groups excluding carboxylic acids is 1. The number of rotatable bonds is 8. The zero-order valence-corrected chi connectivity index (χ0v) is 12.6. The van der Waals surface area contributed by atoms with E-state index < -0.39 is 52.0 Å². The van der Waals surface area contributed by atoms with Gasteiger partial charge in [-0.2, -0.15) is 13.2 Å². The highest BCUT2D eigenvalue weighted by molar-refractivity contribution is 7.93. The van der Waals surface area contributed by atoms with Crippen molar-refractivity contribution in [3.05, 3.63) is 12.2 Å². The Labute approximate surface area is 126 Å². The molecular formula is C13H16F4O4S. The lowest BCUT2D eigenvalue weighted by molar-refractivity contribution is -0.149. The second kappa shape index (κ2) is 8.17. The van der Waals surface area contributed by atoms with Crippen LogP contribution in [0.5, 0.6) is 0 Å². The summed E-state index contributed by atoms with van der Waals surface area (Å²) in [6.45, 7) is 0. The van der Waals surface area contributed by atoms with Gasteiger partial charge in [0, 0.05) is 19.3 Å². The molecule has 0 spiro atoms. The molecule has 0 aromatic heterocycles. The monoisotopic (exact) mass is 344 g/mol. The van der Waals surface area contributed by atoms with Gasteiger partial charge in [-0.25, -0.2) is 17.6 Å². The summed E-state index contributed by atoms with van der Waals surface area (Å²) in [4.78, 5) is 11.4. The van der Waals surface area contributed by atoms with Gasteiger partial charge in [0.15, 0.2) is 9.84 Å². The first-order valence-corrected chi connectivity index (χ1v) is 7.80. The molecule has 9 heteroatoms. The minimum Gasteiger partial charge on any atom is -0.466 e. The molecule has 0 saturated heterocycles. The van der Waals surface area contributed by atoms with Crippen LogP contribution in [-0.2, 0) is 19.4 Å². The second-order valence-electron chi connectivity index (χ2n) is 4.33. The summed E-state index contributed by atoms with van der Waals surface area (Å²) in [6.07, 6.45) is -0.291. The first kappa shape index (κ1) is 20.4. The smallest absolute Gasteiger partial charge is 0.389 e. The quantitative estimate of drug-likeness (QED) is 0.294. The second-order valence-corrected chi connectivity index (χ2v) is 6.54. The number of hydrogen-bond acceptors (Lipinski definition) is 4. The Morgan fingerprint density at radius 2 is 1.82 bits per heavy atom. The van der Waals surface area contributed by atoms with Crippen molar-refractivity contribution >= 4 is 15.8 Å². The number of sulfone groups is 1. The van der Waals surface area contributed by atoms with Crippen molar-refractivity contribution in [3.8, 4) is 12.3 Å². The summed E-state index contributed by atoms with van der Waals surface area (Å²) in [5.74, 6) is -0.522. The third kappa shape index (κ3) is 6.05. The van der Waals surface area contributed by atoms with E-state index in [1.165, 1.54) is 0 Å². The maximum atomic E-state index is 14.5. The number of carbonyl (C=O) groups is 1. The van der Waals surface area contributed by atoms with Gasteiger partial charge in [0.25, 0.3) is 0 Å². The van der Waals surface area contributed by atoms with Gasteiger partial charge in [0.2, 0.25) is 0 Å². The first-order chi connectivity index (χ1) is 10.00. The fraction of sp³-hybridized carbons (Fsp3) is 0.615. The fourth-order valence-corrected chi connectivity index (χ4v) is 2.87. The molecule has 22 heavy (non-hydrogen) atoms. The minimum atomic E-state index is -4.63. The van der Waals surface area contributed by atoms with Crippen LogP contribution in [-0.4, -0.2) is 38.4 Å². The third-order valence-corrected chi connectivity index (χ3v) is 4.64. The van der Waals surface area contributed by atoms with Gasteiger partial charge in [0.05, 0.1) is 12.9 Å². The number of ether oxygens (including phenoxy) is 1. The Balaban J connectivity index is 4.96. The number of methoxy groups -OCH3 is 1. The van der Waals surface area contributed by atoms with Crippen molar-refractivity contribution < 1.29 is 35.5 Å². The van der Waals surface area contributed by atoms with Crippen molar-refractivity contribution in [2.75, 3.05) is 12.9 Å². The van der Waals surface area contributed by atoms with Gasteiger partial charge >= 0.3 is 17.1 Å². The summed E-state index contributed by atoms with van der Waals surface area (Å²) in [6, 6.07) is 0. The van der Waals surface area contributed by atoms with Crippen molar-refractivity contribution in [1.29, 1.82) is 0 Å². The van der Waals surface area contributed by atoms with Crippen molar-refractivity contribution in [1.82, 2.24) is 0 Å². The molecule has 0 N–H and O–H groups in total. The van der Waals surface area contributed by atoms with Gasteiger partial charge in [-0.05, 0) is 6.42 Å². The SMILES string of the molecule is C#CCCC(F)(C(=O)OC)S(=O)(=O)CC=CCCC(F)(F)F. The fourth-order valence-electron chi connectivity index (χ4n) is 1.46. The standard InChI is InChI=1S/C13H16F4O4S/c1-3-4-8-12(14,11(18)21-2)22(19,20)10-7-5-6-9-13(15,16)17/h1,5,7H,4,6,8-10H2,2H3. The molecule has 0 aromatic rings. The molecule has 0 aromatic carbocycles. The largest absolute Gasteiger partial charge is 0.466 e. The predicted octanol–water partition coefficient (Wildman–Crippen LogP) is 2.55. The zero-order valence-electron chi connectivity index (χ0n) is 11.8. The molecule has 0 heterocycles. The third-order valence-electron chi connectivity index (χ3n) is 2.65. The van der Waals surface area contributed by atoms with E-state index >= 15 is 0 Å². The van der Waals surface area contributed by atoms with E-state index in [0.29, 0.717) is 0 Å². The van der Waals surface area contributed by atoms with Crippen LogP contribution in [0, 0.1) is 12.3 Å². The number of terminal acetylenes is 1. The Morgan fingerprint density at radius 1 is 1.23 bits per heavy atom. The summed E-state index contributed by atoms with van der Waals surface area (Å²) < 4.78 is 78.1. The molecule has 0 aliphatic carbocycles. The molecule has 0 aliphatic rings. The average molecular weight is 344 g/mol. The summed E-state index contributed by atoms with van der Waals surface area (Å²) in [5, 5.41) is -3.32. The van der Waals surface area contributed by atoms with E-state index in [1.54, 1.807) is 0 Å². The van der Waals surface area contributed by atoms with E-state index in [9.17, 15) is 30.8 Å². The van der Waals surface area contributed by atoms with Crippen LogP contribution >= 0.6 is 0 Å². The predicted molar refractivity (Wildman–Crippen MR) is 72.1 cm³/mol. The van der Waals surface area contributed by atoms with E-state index in [-0.39, 0.29) is 6.42 Å². The normalized spacial score (nSPS) is 15.3. The van der Waals surface area contributed by atoms with Crippen LogP contribution in [0.3, 0.4) is 0 Å². The van der Waals surface area contributed by atoms with Crippen molar-refractivity contribution in [2.24, 2.45) is 0 Å². The van der Waals surface area contributed by atoms with E-state index in [2.05, 4.69) is 4.74 Å². The number of esters is 1. The molecule has 0 fully saturated rings. The summed E-state index contributed by atoms with van der Waals surface area (Å²) in [5.41, 5.74) is 0. The van der Waals surface area contributed by atoms with Crippen LogP contribution < -0.4 is 0 Å². The lowest BCUT2D eigenvalue weighted by Crippen LogP contribution is -2.44. The average Bonchev–Trinajstić information content (AvgIpc) is 2.41. The molecular weight excluding hydrogens is 328 g/mol. The zero-order chi connectivity index (χ0) is 17.4. The number of hydrogen-bond donors (Lipinski definition) is 0. The van der Waals surface area contributed by atoms with E-state index in [1.807, 2.05) is 5.92 Å². The highest BCUT2D eigenvalue weighted by Crippen LogP contribution is 2.28.